The van der Waals surface area contributed by atoms with Crippen molar-refractivity contribution in [2.75, 3.05) is 26.2 Å². The number of piperidine rings is 1. The second-order valence-electron chi connectivity index (χ2n) is 14.4. The van der Waals surface area contributed by atoms with Gasteiger partial charge in [-0.3, -0.25) is 4.68 Å². The number of nitrogens with zero attached hydrogens (tertiary/aromatic N) is 4. The van der Waals surface area contributed by atoms with Gasteiger partial charge in [-0.15, -0.1) is 0 Å². The summed E-state index contributed by atoms with van der Waals surface area (Å²) >= 11 is 7.09. The van der Waals surface area contributed by atoms with E-state index in [9.17, 15) is 14.0 Å². The van der Waals surface area contributed by atoms with E-state index in [1.165, 1.54) is 12.1 Å². The van der Waals surface area contributed by atoms with Gasteiger partial charge in [-0.2, -0.15) is 5.10 Å². The molecule has 1 aliphatic rings. The van der Waals surface area contributed by atoms with Gasteiger partial charge in [0.1, 0.15) is 29.1 Å². The molecule has 3 aromatic carbocycles. The molecule has 0 aliphatic carbocycles. The first-order valence-electron chi connectivity index (χ1n) is 17.4. The summed E-state index contributed by atoms with van der Waals surface area (Å²) in [7, 11) is 1.92. The second-order valence-corrected chi connectivity index (χ2v) is 14.8. The molecule has 3 heterocycles. The number of aryl methyl sites for hydroxylation is 3. The van der Waals surface area contributed by atoms with Crippen LogP contribution in [-0.4, -0.2) is 63.3 Å². The molecule has 264 valence electrons. The molecule has 0 bridgehead atoms. The van der Waals surface area contributed by atoms with Crippen LogP contribution in [0.4, 0.5) is 4.39 Å². The quantitative estimate of drug-likeness (QED) is 0.0782. The van der Waals surface area contributed by atoms with E-state index in [0.29, 0.717) is 49.0 Å². The number of hydrogen-bond donors (Lipinski definition) is 0. The molecule has 6 rings (SSSR count). The third-order valence-electron chi connectivity index (χ3n) is 9.72. The fourth-order valence-electron chi connectivity index (χ4n) is 7.24. The maximum Gasteiger partial charge on any atom is 0.355 e. The summed E-state index contributed by atoms with van der Waals surface area (Å²) in [5.41, 5.74) is 5.20. The maximum absolute atomic E-state index is 14.3. The minimum atomic E-state index is -0.708. The van der Waals surface area contributed by atoms with Crippen molar-refractivity contribution >= 4 is 45.5 Å². The zero-order chi connectivity index (χ0) is 35.7. The van der Waals surface area contributed by atoms with Gasteiger partial charge in [0.2, 0.25) is 0 Å². The topological polar surface area (TPSA) is 78.6 Å². The summed E-state index contributed by atoms with van der Waals surface area (Å²) in [5.74, 6) is 0.110. The number of fused-ring (bicyclic) bond motifs is 2. The van der Waals surface area contributed by atoms with E-state index in [0.717, 1.165) is 82.0 Å². The average Bonchev–Trinajstić information content (AvgIpc) is 3.52. The first-order chi connectivity index (χ1) is 23.9. The van der Waals surface area contributed by atoms with Crippen molar-refractivity contribution in [1.29, 1.82) is 0 Å². The Morgan fingerprint density at radius 2 is 1.78 bits per heavy atom. The molecule has 10 heteroatoms. The van der Waals surface area contributed by atoms with Crippen LogP contribution in [-0.2, 0) is 29.5 Å². The van der Waals surface area contributed by atoms with Crippen molar-refractivity contribution in [3.05, 3.63) is 82.0 Å². The second kappa shape index (κ2) is 14.6. The van der Waals surface area contributed by atoms with Crippen molar-refractivity contribution in [1.82, 2.24) is 19.2 Å². The Morgan fingerprint density at radius 1 is 1.04 bits per heavy atom. The zero-order valence-corrected chi connectivity index (χ0v) is 30.6. The molecule has 0 radical (unpaired) electrons. The van der Waals surface area contributed by atoms with Gasteiger partial charge in [0, 0.05) is 53.6 Å². The van der Waals surface area contributed by atoms with Crippen LogP contribution in [0, 0.1) is 25.6 Å². The van der Waals surface area contributed by atoms with Gasteiger partial charge in [0.25, 0.3) is 0 Å². The lowest BCUT2D eigenvalue weighted by atomic mass is 9.98. The van der Waals surface area contributed by atoms with Crippen molar-refractivity contribution < 1.29 is 23.5 Å². The van der Waals surface area contributed by atoms with E-state index in [-0.39, 0.29) is 17.7 Å². The number of benzene rings is 3. The van der Waals surface area contributed by atoms with Crippen LogP contribution in [0.25, 0.3) is 32.8 Å². The third-order valence-corrected chi connectivity index (χ3v) is 10.0. The van der Waals surface area contributed by atoms with Crippen LogP contribution in [0.3, 0.4) is 0 Å². The lowest BCUT2D eigenvalue weighted by molar-refractivity contribution is -0.112. The van der Waals surface area contributed by atoms with E-state index in [2.05, 4.69) is 9.47 Å². The number of carbonyl (C=O) groups is 2. The molecule has 1 fully saturated rings. The van der Waals surface area contributed by atoms with E-state index in [1.54, 1.807) is 6.07 Å². The highest BCUT2D eigenvalue weighted by Gasteiger charge is 2.31. The Bertz CT molecular complexity index is 2050. The Balaban J connectivity index is 1.43. The fraction of sp³-hybridized carbons (Fsp3) is 0.425. The molecule has 0 unspecified atom stereocenters. The first kappa shape index (κ1) is 35.6. The number of aldehydes is 1. The zero-order valence-electron chi connectivity index (χ0n) is 29.8. The summed E-state index contributed by atoms with van der Waals surface area (Å²) in [5, 5.41) is 7.86. The molecule has 0 atom stereocenters. The standard InChI is InChI=1S/C40H46ClFN4O4/c1-25-35(26(2)44(6)43-25)36-33(41)15-14-32-31(10-8-22-49-34-11-7-9-28-23-29(42)12-13-30(28)34)38(39(48)50-40(3,4)5)46(37(32)36)21-20-45-18-16-27(24-47)17-19-45/h7,9,11-15,23-24,27H,8,10,16-22H2,1-6H3. The molecule has 0 spiro atoms. The number of carbonyl (C=O) groups excluding carboxylic acids is 2. The highest BCUT2D eigenvalue weighted by atomic mass is 35.5. The number of rotatable bonds is 11. The van der Waals surface area contributed by atoms with Gasteiger partial charge in [0.15, 0.2) is 0 Å². The Labute approximate surface area is 298 Å². The molecule has 0 amide bonds. The van der Waals surface area contributed by atoms with Crippen molar-refractivity contribution in [2.45, 2.75) is 72.4 Å². The van der Waals surface area contributed by atoms with Gasteiger partial charge in [-0.25, -0.2) is 9.18 Å². The van der Waals surface area contributed by atoms with Gasteiger partial charge in [-0.1, -0.05) is 29.8 Å². The number of ether oxygens (including phenoxy) is 2. The summed E-state index contributed by atoms with van der Waals surface area (Å²) < 4.78 is 30.2. The molecule has 50 heavy (non-hydrogen) atoms. The minimum Gasteiger partial charge on any atom is -0.493 e. The number of aromatic nitrogens is 3. The summed E-state index contributed by atoms with van der Waals surface area (Å²) in [6, 6.07) is 14.2. The highest BCUT2D eigenvalue weighted by Crippen LogP contribution is 2.42. The van der Waals surface area contributed by atoms with E-state index in [1.807, 2.05) is 76.7 Å². The van der Waals surface area contributed by atoms with Gasteiger partial charge in [-0.05, 0) is 115 Å². The normalized spacial score (nSPS) is 14.5. The van der Waals surface area contributed by atoms with Crippen LogP contribution in [0.1, 0.15) is 67.5 Å². The van der Waals surface area contributed by atoms with Gasteiger partial charge < -0.3 is 23.7 Å². The fourth-order valence-corrected chi connectivity index (χ4v) is 7.49. The molecule has 0 N–H and O–H groups in total. The average molecular weight is 701 g/mol. The Hall–Kier alpha value is -4.21. The van der Waals surface area contributed by atoms with Crippen molar-refractivity contribution in [2.24, 2.45) is 13.0 Å². The monoisotopic (exact) mass is 700 g/mol. The highest BCUT2D eigenvalue weighted by molar-refractivity contribution is 6.35. The maximum atomic E-state index is 14.3. The summed E-state index contributed by atoms with van der Waals surface area (Å²) in [6.07, 6.45) is 3.90. The Morgan fingerprint density at radius 3 is 2.46 bits per heavy atom. The number of hydrogen-bond acceptors (Lipinski definition) is 6. The molecule has 0 saturated carbocycles. The van der Waals surface area contributed by atoms with Crippen LogP contribution >= 0.6 is 11.6 Å². The van der Waals surface area contributed by atoms with Gasteiger partial charge >= 0.3 is 5.97 Å². The van der Waals surface area contributed by atoms with E-state index < -0.39 is 5.60 Å². The van der Waals surface area contributed by atoms with Gasteiger partial charge in [0.05, 0.1) is 22.8 Å². The number of esters is 1. The molecule has 1 aliphatic heterocycles. The molecule has 1 saturated heterocycles. The molecule has 5 aromatic rings. The smallest absolute Gasteiger partial charge is 0.355 e. The molecular weight excluding hydrogens is 655 g/mol. The number of likely N-dealkylation sites (tertiary alicyclic amines) is 1. The number of halogens is 2. The minimum absolute atomic E-state index is 0.0989. The molecular formula is C40H46ClFN4O4. The van der Waals surface area contributed by atoms with E-state index >= 15 is 0 Å². The Kier molecular flexibility index (Phi) is 10.4. The first-order valence-corrected chi connectivity index (χ1v) is 17.8. The summed E-state index contributed by atoms with van der Waals surface area (Å²) in [4.78, 5) is 28.1. The lowest BCUT2D eigenvalue weighted by Gasteiger charge is -2.30. The van der Waals surface area contributed by atoms with Crippen LogP contribution < -0.4 is 4.74 Å². The van der Waals surface area contributed by atoms with Crippen LogP contribution in [0.15, 0.2) is 48.5 Å². The van der Waals surface area contributed by atoms with Crippen LogP contribution in [0.2, 0.25) is 5.02 Å². The predicted molar refractivity (Wildman–Crippen MR) is 197 cm³/mol. The van der Waals surface area contributed by atoms with E-state index in [4.69, 9.17) is 26.2 Å². The van der Waals surface area contributed by atoms with Crippen LogP contribution in [0.5, 0.6) is 5.75 Å². The largest absolute Gasteiger partial charge is 0.493 e. The van der Waals surface area contributed by atoms with Crippen molar-refractivity contribution in [3.8, 4) is 16.9 Å². The summed E-state index contributed by atoms with van der Waals surface area (Å²) in [6.45, 7) is 12.9. The van der Waals surface area contributed by atoms with Crippen molar-refractivity contribution in [3.63, 3.8) is 0 Å². The molecule has 8 nitrogen and oxygen atoms in total. The molecule has 2 aromatic heterocycles. The third kappa shape index (κ3) is 7.30. The predicted octanol–water partition coefficient (Wildman–Crippen LogP) is 8.48. The SMILES string of the molecule is Cc1nn(C)c(C)c1-c1c(Cl)ccc2c(CCCOc3cccc4cc(F)ccc34)c(C(=O)OC(C)(C)C)n(CCN3CCC(C=O)CC3)c12. The lowest BCUT2D eigenvalue weighted by Crippen LogP contribution is -2.36.